The number of hydrogen-bond donors (Lipinski definition) is 0. The summed E-state index contributed by atoms with van der Waals surface area (Å²) in [5.74, 6) is -0.340. The predicted octanol–water partition coefficient (Wildman–Crippen LogP) is 2.15. The molecular formula is C11H9FN2O. The number of nitrogens with zero attached hydrogens (tertiary/aromatic N) is 2. The van der Waals surface area contributed by atoms with Gasteiger partial charge in [-0.1, -0.05) is 0 Å². The second kappa shape index (κ2) is 3.67. The summed E-state index contributed by atoms with van der Waals surface area (Å²) in [5, 5.41) is 0.842. The Hall–Kier alpha value is -1.93. The molecule has 0 radical (unpaired) electrons. The van der Waals surface area contributed by atoms with Crippen LogP contribution in [0.25, 0.3) is 10.9 Å². The number of isocyanates is 1. The zero-order valence-corrected chi connectivity index (χ0v) is 8.20. The Morgan fingerprint density at radius 3 is 3.07 bits per heavy atom. The number of hydrogen-bond acceptors (Lipinski definition) is 2. The molecule has 0 unspecified atom stereocenters. The summed E-state index contributed by atoms with van der Waals surface area (Å²) in [4.78, 5) is 13.3. The van der Waals surface area contributed by atoms with Gasteiger partial charge in [-0.15, -0.1) is 0 Å². The number of aryl methyl sites for hydroxylation is 1. The molecule has 1 heterocycles. The molecule has 0 amide bonds. The number of aromatic nitrogens is 1. The second-order valence-corrected chi connectivity index (χ2v) is 3.34. The lowest BCUT2D eigenvalue weighted by atomic mass is 10.1. The van der Waals surface area contributed by atoms with Gasteiger partial charge in [-0.3, -0.25) is 0 Å². The van der Waals surface area contributed by atoms with Crippen LogP contribution in [0.2, 0.25) is 0 Å². The molecular weight excluding hydrogens is 195 g/mol. The van der Waals surface area contributed by atoms with E-state index in [0.717, 1.165) is 10.9 Å². The highest BCUT2D eigenvalue weighted by Gasteiger charge is 2.06. The fourth-order valence-corrected chi connectivity index (χ4v) is 1.57. The maximum atomic E-state index is 13.5. The predicted molar refractivity (Wildman–Crippen MR) is 54.7 cm³/mol. The summed E-state index contributed by atoms with van der Waals surface area (Å²) in [6.45, 7) is 0.0381. The van der Waals surface area contributed by atoms with Crippen LogP contribution in [0.3, 0.4) is 0 Å². The molecule has 2 rings (SSSR count). The van der Waals surface area contributed by atoms with E-state index in [0.29, 0.717) is 5.56 Å². The molecule has 4 heteroatoms. The van der Waals surface area contributed by atoms with Gasteiger partial charge in [-0.25, -0.2) is 14.2 Å². The topological polar surface area (TPSA) is 34.4 Å². The molecule has 76 valence electrons. The van der Waals surface area contributed by atoms with Crippen LogP contribution in [0, 0.1) is 5.82 Å². The Labute approximate surface area is 85.8 Å². The average molecular weight is 204 g/mol. The van der Waals surface area contributed by atoms with Crippen molar-refractivity contribution in [2.45, 2.75) is 6.54 Å². The highest BCUT2D eigenvalue weighted by molar-refractivity contribution is 5.80. The third kappa shape index (κ3) is 1.67. The molecule has 0 spiro atoms. The van der Waals surface area contributed by atoms with Crippen LogP contribution in [-0.4, -0.2) is 10.6 Å². The van der Waals surface area contributed by atoms with Crippen molar-refractivity contribution in [3.8, 4) is 0 Å². The normalized spacial score (nSPS) is 10.3. The summed E-state index contributed by atoms with van der Waals surface area (Å²) in [6, 6.07) is 4.99. The number of halogens is 1. The van der Waals surface area contributed by atoms with Gasteiger partial charge >= 0.3 is 0 Å². The number of fused-ring (bicyclic) bond motifs is 1. The van der Waals surface area contributed by atoms with E-state index in [1.165, 1.54) is 12.1 Å². The average Bonchev–Trinajstić information content (AvgIpc) is 2.57. The van der Waals surface area contributed by atoms with Gasteiger partial charge < -0.3 is 4.57 Å². The van der Waals surface area contributed by atoms with Crippen LogP contribution in [0.5, 0.6) is 0 Å². The quantitative estimate of drug-likeness (QED) is 0.545. The largest absolute Gasteiger partial charge is 0.351 e. The Kier molecular flexibility index (Phi) is 2.35. The molecule has 1 aromatic carbocycles. The summed E-state index contributed by atoms with van der Waals surface area (Å²) < 4.78 is 15.3. The molecule has 0 N–H and O–H groups in total. The van der Waals surface area contributed by atoms with Gasteiger partial charge in [0.1, 0.15) is 5.82 Å². The van der Waals surface area contributed by atoms with Crippen molar-refractivity contribution in [1.29, 1.82) is 0 Å². The second-order valence-electron chi connectivity index (χ2n) is 3.34. The van der Waals surface area contributed by atoms with E-state index < -0.39 is 0 Å². The van der Waals surface area contributed by atoms with Gasteiger partial charge in [0.2, 0.25) is 6.08 Å². The Balaban J connectivity index is 2.59. The molecule has 1 aromatic heterocycles. The number of aliphatic imine (C=N–C) groups is 1. The smallest absolute Gasteiger partial charge is 0.235 e. The van der Waals surface area contributed by atoms with Gasteiger partial charge in [0, 0.05) is 29.7 Å². The molecule has 0 aliphatic carbocycles. The molecule has 0 aliphatic rings. The van der Waals surface area contributed by atoms with E-state index in [-0.39, 0.29) is 12.4 Å². The van der Waals surface area contributed by atoms with Crippen molar-refractivity contribution >= 4 is 17.0 Å². The molecule has 0 fully saturated rings. The van der Waals surface area contributed by atoms with Crippen molar-refractivity contribution in [2.24, 2.45) is 12.0 Å². The van der Waals surface area contributed by atoms with Gasteiger partial charge in [-0.2, -0.15) is 0 Å². The molecule has 0 bridgehead atoms. The first-order valence-electron chi connectivity index (χ1n) is 4.49. The lowest BCUT2D eigenvalue weighted by Crippen LogP contribution is -1.91. The number of rotatable bonds is 2. The molecule has 2 aromatic rings. The highest BCUT2D eigenvalue weighted by Crippen LogP contribution is 2.20. The molecule has 0 atom stereocenters. The third-order valence-electron chi connectivity index (χ3n) is 2.37. The van der Waals surface area contributed by atoms with Crippen molar-refractivity contribution in [1.82, 2.24) is 4.57 Å². The number of benzene rings is 1. The van der Waals surface area contributed by atoms with Gasteiger partial charge in [0.15, 0.2) is 0 Å². The van der Waals surface area contributed by atoms with Crippen molar-refractivity contribution in [2.75, 3.05) is 0 Å². The zero-order chi connectivity index (χ0) is 10.8. The summed E-state index contributed by atoms with van der Waals surface area (Å²) in [5.41, 5.74) is 1.33. The highest BCUT2D eigenvalue weighted by atomic mass is 19.1. The standard InChI is InChI=1S/C11H9FN2O/c1-14-3-2-8-4-10(12)9(5-11(8)14)6-13-7-15/h2-5H,6H2,1H3. The van der Waals surface area contributed by atoms with Gasteiger partial charge in [-0.05, 0) is 18.2 Å². The van der Waals surface area contributed by atoms with Crippen LogP contribution in [-0.2, 0) is 18.4 Å². The summed E-state index contributed by atoms with van der Waals surface area (Å²) in [7, 11) is 1.88. The fourth-order valence-electron chi connectivity index (χ4n) is 1.57. The molecule has 15 heavy (non-hydrogen) atoms. The van der Waals surface area contributed by atoms with Crippen LogP contribution in [0.1, 0.15) is 5.56 Å². The van der Waals surface area contributed by atoms with E-state index in [1.807, 2.05) is 23.9 Å². The minimum absolute atomic E-state index is 0.0381. The van der Waals surface area contributed by atoms with Crippen molar-refractivity contribution < 1.29 is 9.18 Å². The minimum Gasteiger partial charge on any atom is -0.351 e. The molecule has 0 saturated carbocycles. The van der Waals surface area contributed by atoms with Crippen LogP contribution in [0.4, 0.5) is 4.39 Å². The Morgan fingerprint density at radius 1 is 1.53 bits per heavy atom. The van der Waals surface area contributed by atoms with Crippen LogP contribution in [0.15, 0.2) is 29.4 Å². The monoisotopic (exact) mass is 204 g/mol. The molecule has 3 nitrogen and oxygen atoms in total. The summed E-state index contributed by atoms with van der Waals surface area (Å²) >= 11 is 0. The Bertz CT molecular complexity index is 553. The van der Waals surface area contributed by atoms with Gasteiger partial charge in [0.25, 0.3) is 0 Å². The molecule has 0 saturated heterocycles. The maximum absolute atomic E-state index is 13.5. The zero-order valence-electron chi connectivity index (χ0n) is 8.20. The lowest BCUT2D eigenvalue weighted by Gasteiger charge is -2.01. The lowest BCUT2D eigenvalue weighted by molar-refractivity contribution is 0.561. The first-order chi connectivity index (χ1) is 7.22. The van der Waals surface area contributed by atoms with E-state index in [4.69, 9.17) is 0 Å². The molecule has 0 aliphatic heterocycles. The van der Waals surface area contributed by atoms with Crippen LogP contribution < -0.4 is 0 Å². The number of carbonyl (C=O) groups excluding carboxylic acids is 1. The SMILES string of the molecule is Cn1ccc2cc(F)c(CN=C=O)cc21. The fraction of sp³-hybridized carbons (Fsp3) is 0.182. The van der Waals surface area contributed by atoms with Crippen molar-refractivity contribution in [3.63, 3.8) is 0 Å². The Morgan fingerprint density at radius 2 is 2.33 bits per heavy atom. The minimum atomic E-state index is -0.340. The summed E-state index contributed by atoms with van der Waals surface area (Å²) in [6.07, 6.45) is 3.26. The van der Waals surface area contributed by atoms with E-state index in [2.05, 4.69) is 4.99 Å². The first kappa shape index (κ1) is 9.62. The van der Waals surface area contributed by atoms with E-state index in [1.54, 1.807) is 6.07 Å². The first-order valence-corrected chi connectivity index (χ1v) is 4.49. The van der Waals surface area contributed by atoms with Crippen molar-refractivity contribution in [3.05, 3.63) is 35.8 Å². The van der Waals surface area contributed by atoms with E-state index >= 15 is 0 Å². The van der Waals surface area contributed by atoms with Gasteiger partial charge in [0.05, 0.1) is 6.54 Å². The third-order valence-corrected chi connectivity index (χ3v) is 2.37. The van der Waals surface area contributed by atoms with E-state index in [9.17, 15) is 9.18 Å². The maximum Gasteiger partial charge on any atom is 0.235 e. The van der Waals surface area contributed by atoms with Crippen LogP contribution >= 0.6 is 0 Å².